The van der Waals surface area contributed by atoms with Crippen molar-refractivity contribution >= 4 is 33.0 Å². The highest BCUT2D eigenvalue weighted by atomic mass is 35.5. The molecule has 11 heavy (non-hydrogen) atoms. The van der Waals surface area contributed by atoms with Crippen LogP contribution < -0.4 is 0 Å². The fourth-order valence-electron chi connectivity index (χ4n) is 1.00. The van der Waals surface area contributed by atoms with Crippen molar-refractivity contribution in [3.8, 4) is 5.75 Å². The van der Waals surface area contributed by atoms with E-state index in [9.17, 15) is 5.11 Å². The van der Waals surface area contributed by atoms with Crippen LogP contribution >= 0.6 is 22.9 Å². The number of hydrogen-bond donors (Lipinski definition) is 1. The van der Waals surface area contributed by atoms with Crippen LogP contribution in [0, 0.1) is 0 Å². The standard InChI is InChI=1S/C8H5ClOS/c9-8-7(10)5-3-1-2-4-6(5)11-8/h1-4,10H. The van der Waals surface area contributed by atoms with Gasteiger partial charge in [-0.05, 0) is 12.1 Å². The Hall–Kier alpha value is -0.730. The molecule has 0 bridgehead atoms. The fourth-order valence-corrected chi connectivity index (χ4v) is 2.17. The van der Waals surface area contributed by atoms with Gasteiger partial charge in [0.15, 0.2) is 5.75 Å². The van der Waals surface area contributed by atoms with Gasteiger partial charge < -0.3 is 5.11 Å². The van der Waals surface area contributed by atoms with Gasteiger partial charge in [0.05, 0.1) is 0 Å². The van der Waals surface area contributed by atoms with Crippen molar-refractivity contribution in [2.24, 2.45) is 0 Å². The number of fused-ring (bicyclic) bond motifs is 1. The normalized spacial score (nSPS) is 10.6. The Morgan fingerprint density at radius 3 is 2.73 bits per heavy atom. The Balaban J connectivity index is 2.92. The predicted molar refractivity (Wildman–Crippen MR) is 48.5 cm³/mol. The van der Waals surface area contributed by atoms with E-state index in [2.05, 4.69) is 0 Å². The average molecular weight is 185 g/mol. The second kappa shape index (κ2) is 2.40. The van der Waals surface area contributed by atoms with E-state index < -0.39 is 0 Å². The Labute approximate surface area is 72.9 Å². The molecule has 0 atom stereocenters. The predicted octanol–water partition coefficient (Wildman–Crippen LogP) is 3.26. The summed E-state index contributed by atoms with van der Waals surface area (Å²) in [5.41, 5.74) is 0. The molecule has 1 N–H and O–H groups in total. The molecular formula is C8H5ClOS. The van der Waals surface area contributed by atoms with Crippen LogP contribution in [-0.2, 0) is 0 Å². The molecule has 0 aliphatic heterocycles. The average Bonchev–Trinajstić information content (AvgIpc) is 2.30. The number of halogens is 1. The van der Waals surface area contributed by atoms with Gasteiger partial charge >= 0.3 is 0 Å². The molecule has 1 heterocycles. The summed E-state index contributed by atoms with van der Waals surface area (Å²) in [7, 11) is 0. The first-order valence-electron chi connectivity index (χ1n) is 3.15. The summed E-state index contributed by atoms with van der Waals surface area (Å²) in [6.45, 7) is 0. The summed E-state index contributed by atoms with van der Waals surface area (Å²) in [5, 5.41) is 10.2. The van der Waals surface area contributed by atoms with Gasteiger partial charge in [-0.15, -0.1) is 11.3 Å². The fraction of sp³-hybridized carbons (Fsp3) is 0. The van der Waals surface area contributed by atoms with Crippen LogP contribution in [0.2, 0.25) is 4.34 Å². The van der Waals surface area contributed by atoms with Crippen molar-refractivity contribution in [3.05, 3.63) is 28.6 Å². The molecule has 0 saturated heterocycles. The third-order valence-electron chi connectivity index (χ3n) is 1.53. The van der Waals surface area contributed by atoms with Gasteiger partial charge in [0.2, 0.25) is 0 Å². The van der Waals surface area contributed by atoms with E-state index in [0.717, 1.165) is 10.1 Å². The molecule has 1 nitrogen and oxygen atoms in total. The lowest BCUT2D eigenvalue weighted by Gasteiger charge is -1.86. The van der Waals surface area contributed by atoms with Crippen molar-refractivity contribution in [3.63, 3.8) is 0 Å². The first-order chi connectivity index (χ1) is 5.29. The van der Waals surface area contributed by atoms with Crippen LogP contribution in [0.3, 0.4) is 0 Å². The van der Waals surface area contributed by atoms with Crippen molar-refractivity contribution < 1.29 is 5.11 Å². The van der Waals surface area contributed by atoms with Crippen molar-refractivity contribution in [2.75, 3.05) is 0 Å². The zero-order valence-corrected chi connectivity index (χ0v) is 7.12. The minimum absolute atomic E-state index is 0.201. The van der Waals surface area contributed by atoms with Crippen LogP contribution in [-0.4, -0.2) is 5.11 Å². The number of aromatic hydroxyl groups is 1. The molecule has 1 aromatic carbocycles. The molecule has 0 fully saturated rings. The largest absolute Gasteiger partial charge is 0.505 e. The van der Waals surface area contributed by atoms with E-state index in [1.165, 1.54) is 11.3 Å². The molecule has 0 spiro atoms. The van der Waals surface area contributed by atoms with Crippen LogP contribution in [0.5, 0.6) is 5.75 Å². The molecule has 56 valence electrons. The summed E-state index contributed by atoms with van der Waals surface area (Å²) in [5.74, 6) is 0.201. The summed E-state index contributed by atoms with van der Waals surface area (Å²) in [6, 6.07) is 7.60. The van der Waals surface area contributed by atoms with Crippen LogP contribution in [0.25, 0.3) is 10.1 Å². The quantitative estimate of drug-likeness (QED) is 0.667. The molecule has 2 rings (SSSR count). The Morgan fingerprint density at radius 2 is 2.00 bits per heavy atom. The molecule has 3 heteroatoms. The maximum atomic E-state index is 9.38. The van der Waals surface area contributed by atoms with Crippen LogP contribution in [0.4, 0.5) is 0 Å². The van der Waals surface area contributed by atoms with Crippen molar-refractivity contribution in [2.45, 2.75) is 0 Å². The number of rotatable bonds is 0. The van der Waals surface area contributed by atoms with Gasteiger partial charge in [0.1, 0.15) is 4.34 Å². The second-order valence-electron chi connectivity index (χ2n) is 2.22. The lowest BCUT2D eigenvalue weighted by atomic mass is 10.2. The minimum Gasteiger partial charge on any atom is -0.505 e. The summed E-state index contributed by atoms with van der Waals surface area (Å²) in [4.78, 5) is 0. The van der Waals surface area contributed by atoms with Crippen molar-refractivity contribution in [1.82, 2.24) is 0 Å². The smallest absolute Gasteiger partial charge is 0.152 e. The molecule has 1 aromatic heterocycles. The summed E-state index contributed by atoms with van der Waals surface area (Å²) >= 11 is 7.11. The molecule has 0 amide bonds. The van der Waals surface area contributed by atoms with E-state index >= 15 is 0 Å². The molecule has 0 unspecified atom stereocenters. The Bertz CT molecular complexity index is 394. The van der Waals surface area contributed by atoms with E-state index in [0.29, 0.717) is 4.34 Å². The van der Waals surface area contributed by atoms with Crippen LogP contribution in [0.15, 0.2) is 24.3 Å². The highest BCUT2D eigenvalue weighted by Crippen LogP contribution is 2.39. The summed E-state index contributed by atoms with van der Waals surface area (Å²) in [6.07, 6.45) is 0. The Kier molecular flexibility index (Phi) is 1.51. The molecular weight excluding hydrogens is 180 g/mol. The molecule has 0 aliphatic rings. The summed E-state index contributed by atoms with van der Waals surface area (Å²) < 4.78 is 1.49. The lowest BCUT2D eigenvalue weighted by molar-refractivity contribution is 0.484. The van der Waals surface area contributed by atoms with Gasteiger partial charge in [0, 0.05) is 10.1 Å². The van der Waals surface area contributed by atoms with E-state index in [1.807, 2.05) is 24.3 Å². The first-order valence-corrected chi connectivity index (χ1v) is 4.34. The highest BCUT2D eigenvalue weighted by molar-refractivity contribution is 7.23. The lowest BCUT2D eigenvalue weighted by Crippen LogP contribution is -1.60. The van der Waals surface area contributed by atoms with Gasteiger partial charge in [-0.3, -0.25) is 0 Å². The molecule has 0 aliphatic carbocycles. The number of thiophene rings is 1. The Morgan fingerprint density at radius 1 is 1.27 bits per heavy atom. The van der Waals surface area contributed by atoms with E-state index in [4.69, 9.17) is 11.6 Å². The van der Waals surface area contributed by atoms with Crippen LogP contribution in [0.1, 0.15) is 0 Å². The van der Waals surface area contributed by atoms with Crippen molar-refractivity contribution in [1.29, 1.82) is 0 Å². The first kappa shape index (κ1) is 6.95. The number of benzene rings is 1. The third kappa shape index (κ3) is 0.988. The molecule has 2 aromatic rings. The highest BCUT2D eigenvalue weighted by Gasteiger charge is 2.06. The zero-order chi connectivity index (χ0) is 7.84. The third-order valence-corrected chi connectivity index (χ3v) is 2.89. The van der Waals surface area contributed by atoms with E-state index in [1.54, 1.807) is 0 Å². The maximum absolute atomic E-state index is 9.38. The van der Waals surface area contributed by atoms with Gasteiger partial charge in [0.25, 0.3) is 0 Å². The van der Waals surface area contributed by atoms with E-state index in [-0.39, 0.29) is 5.75 Å². The number of hydrogen-bond acceptors (Lipinski definition) is 2. The zero-order valence-electron chi connectivity index (χ0n) is 5.54. The topological polar surface area (TPSA) is 20.2 Å². The minimum atomic E-state index is 0.201. The van der Waals surface area contributed by atoms with Gasteiger partial charge in [-0.25, -0.2) is 0 Å². The maximum Gasteiger partial charge on any atom is 0.152 e. The van der Waals surface area contributed by atoms with Gasteiger partial charge in [-0.2, -0.15) is 0 Å². The van der Waals surface area contributed by atoms with Gasteiger partial charge in [-0.1, -0.05) is 23.7 Å². The molecule has 0 radical (unpaired) electrons. The second-order valence-corrected chi connectivity index (χ2v) is 3.87. The monoisotopic (exact) mass is 184 g/mol. The SMILES string of the molecule is Oc1c(Cl)sc2ccccc12. The molecule has 0 saturated carbocycles.